The highest BCUT2D eigenvalue weighted by molar-refractivity contribution is 5.68. The number of methoxy groups -OCH3 is 2. The van der Waals surface area contributed by atoms with Gasteiger partial charge in [0.2, 0.25) is 0 Å². The predicted octanol–water partition coefficient (Wildman–Crippen LogP) is 0.616. The first kappa shape index (κ1) is 13.2. The third-order valence-electron chi connectivity index (χ3n) is 2.47. The Kier molecular flexibility index (Phi) is 4.71. The molecule has 3 N–H and O–H groups in total. The van der Waals surface area contributed by atoms with Crippen LogP contribution in [0, 0.1) is 0 Å². The summed E-state index contributed by atoms with van der Waals surface area (Å²) in [6.07, 6.45) is 2.96. The largest absolute Gasteiger partial charge is 0.495 e. The van der Waals surface area contributed by atoms with Crippen LogP contribution in [0.4, 0.5) is 0 Å². The van der Waals surface area contributed by atoms with E-state index in [4.69, 9.17) is 20.3 Å². The van der Waals surface area contributed by atoms with Gasteiger partial charge in [-0.25, -0.2) is 0 Å². The molecule has 1 heterocycles. The van der Waals surface area contributed by atoms with E-state index in [2.05, 4.69) is 4.98 Å². The zero-order valence-corrected chi connectivity index (χ0v) is 9.84. The van der Waals surface area contributed by atoms with Crippen LogP contribution >= 0.6 is 0 Å². The van der Waals surface area contributed by atoms with Crippen molar-refractivity contribution in [2.75, 3.05) is 20.8 Å². The molecule has 0 aliphatic heterocycles. The first-order valence-electron chi connectivity index (χ1n) is 5.11. The van der Waals surface area contributed by atoms with Crippen LogP contribution in [-0.4, -0.2) is 36.8 Å². The van der Waals surface area contributed by atoms with Crippen molar-refractivity contribution in [2.24, 2.45) is 5.73 Å². The molecule has 1 aromatic heterocycles. The van der Waals surface area contributed by atoms with Gasteiger partial charge >= 0.3 is 5.97 Å². The Morgan fingerprint density at radius 1 is 1.41 bits per heavy atom. The van der Waals surface area contributed by atoms with Gasteiger partial charge in [0.1, 0.15) is 11.5 Å². The Labute approximate surface area is 99.4 Å². The highest BCUT2D eigenvalue weighted by atomic mass is 16.5. The second kappa shape index (κ2) is 6.05. The van der Waals surface area contributed by atoms with E-state index >= 15 is 0 Å². The minimum atomic E-state index is -0.915. The fraction of sp³-hybridized carbons (Fsp3) is 0.455. The topological polar surface area (TPSA) is 94.7 Å². The van der Waals surface area contributed by atoms with Crippen molar-refractivity contribution in [1.29, 1.82) is 0 Å². The molecule has 94 valence electrons. The van der Waals surface area contributed by atoms with Crippen molar-refractivity contribution >= 4 is 5.97 Å². The molecule has 0 aliphatic rings. The number of carboxylic acids is 1. The molecule has 17 heavy (non-hydrogen) atoms. The van der Waals surface area contributed by atoms with Gasteiger partial charge in [0.15, 0.2) is 0 Å². The Bertz CT molecular complexity index is 373. The molecule has 0 saturated carbocycles. The zero-order valence-electron chi connectivity index (χ0n) is 9.84. The number of nitrogens with two attached hydrogens (primary N) is 1. The van der Waals surface area contributed by atoms with Crippen LogP contribution in [0.15, 0.2) is 12.4 Å². The third-order valence-corrected chi connectivity index (χ3v) is 2.47. The van der Waals surface area contributed by atoms with E-state index in [0.717, 1.165) is 0 Å². The number of hydrogen-bond donors (Lipinski definition) is 2. The summed E-state index contributed by atoms with van der Waals surface area (Å²) in [5.74, 6) is -0.302. The summed E-state index contributed by atoms with van der Waals surface area (Å²) < 4.78 is 10.3. The van der Waals surface area contributed by atoms with Gasteiger partial charge in [-0.2, -0.15) is 0 Å². The lowest BCUT2D eigenvalue weighted by Gasteiger charge is -2.18. The van der Waals surface area contributed by atoms with E-state index in [1.54, 1.807) is 0 Å². The summed E-state index contributed by atoms with van der Waals surface area (Å²) in [5, 5.41) is 8.85. The fourth-order valence-corrected chi connectivity index (χ4v) is 1.67. The van der Waals surface area contributed by atoms with Gasteiger partial charge in [0.25, 0.3) is 0 Å². The number of nitrogens with zero attached hydrogens (tertiary/aromatic N) is 1. The summed E-state index contributed by atoms with van der Waals surface area (Å²) in [5.41, 5.74) is 6.25. The summed E-state index contributed by atoms with van der Waals surface area (Å²) in [6, 6.07) is 0. The number of carboxylic acid groups (broad SMARTS) is 1. The molecule has 0 aromatic carbocycles. The molecule has 1 atom stereocenters. The van der Waals surface area contributed by atoms with Crippen molar-refractivity contribution in [3.8, 4) is 11.5 Å². The molecule has 0 amide bonds. The van der Waals surface area contributed by atoms with Gasteiger partial charge in [-0.15, -0.1) is 0 Å². The van der Waals surface area contributed by atoms with Crippen molar-refractivity contribution in [1.82, 2.24) is 4.98 Å². The van der Waals surface area contributed by atoms with E-state index in [9.17, 15) is 4.79 Å². The molecule has 0 radical (unpaired) electrons. The summed E-state index contributed by atoms with van der Waals surface area (Å²) in [7, 11) is 2.99. The van der Waals surface area contributed by atoms with Gasteiger partial charge in [-0.3, -0.25) is 9.78 Å². The van der Waals surface area contributed by atoms with Crippen LogP contribution in [0.3, 0.4) is 0 Å². The molecule has 1 aromatic rings. The van der Waals surface area contributed by atoms with Crippen molar-refractivity contribution < 1.29 is 19.4 Å². The molecule has 6 heteroatoms. The van der Waals surface area contributed by atoms with Gasteiger partial charge in [-0.05, 0) is 0 Å². The Hall–Kier alpha value is -1.82. The van der Waals surface area contributed by atoms with Crippen LogP contribution in [0.25, 0.3) is 0 Å². The fourth-order valence-electron chi connectivity index (χ4n) is 1.67. The predicted molar refractivity (Wildman–Crippen MR) is 61.4 cm³/mol. The normalized spacial score (nSPS) is 11.9. The molecule has 6 nitrogen and oxygen atoms in total. The molecule has 0 bridgehead atoms. The van der Waals surface area contributed by atoms with E-state index in [1.165, 1.54) is 26.6 Å². The average Bonchev–Trinajstić information content (AvgIpc) is 2.34. The van der Waals surface area contributed by atoms with Crippen molar-refractivity contribution in [3.63, 3.8) is 0 Å². The standard InChI is InChI=1S/C11H16N2O4/c1-16-8-5-13-6-9(17-2)11(8)7(4-12)3-10(14)15/h5-7H,3-4,12H2,1-2H3,(H,14,15). The molecule has 1 unspecified atom stereocenters. The lowest BCUT2D eigenvalue weighted by molar-refractivity contribution is -0.137. The summed E-state index contributed by atoms with van der Waals surface area (Å²) in [4.78, 5) is 14.7. The molecule has 0 saturated heterocycles. The maximum absolute atomic E-state index is 10.8. The average molecular weight is 240 g/mol. The summed E-state index contributed by atoms with van der Waals surface area (Å²) >= 11 is 0. The number of ether oxygens (including phenoxy) is 2. The van der Waals surface area contributed by atoms with E-state index in [1.807, 2.05) is 0 Å². The van der Waals surface area contributed by atoms with Crippen LogP contribution in [0.2, 0.25) is 0 Å². The number of hydrogen-bond acceptors (Lipinski definition) is 5. The number of aliphatic carboxylic acids is 1. The van der Waals surface area contributed by atoms with Crippen LogP contribution < -0.4 is 15.2 Å². The second-order valence-corrected chi connectivity index (χ2v) is 3.49. The zero-order chi connectivity index (χ0) is 12.8. The van der Waals surface area contributed by atoms with E-state index in [-0.39, 0.29) is 18.9 Å². The molecular weight excluding hydrogens is 224 g/mol. The van der Waals surface area contributed by atoms with E-state index < -0.39 is 5.97 Å². The van der Waals surface area contributed by atoms with Crippen LogP contribution in [0.5, 0.6) is 11.5 Å². The third kappa shape index (κ3) is 3.07. The smallest absolute Gasteiger partial charge is 0.304 e. The second-order valence-electron chi connectivity index (χ2n) is 3.49. The molecule has 0 aliphatic carbocycles. The molecular formula is C11H16N2O4. The number of rotatable bonds is 6. The SMILES string of the molecule is COc1cncc(OC)c1C(CN)CC(=O)O. The maximum atomic E-state index is 10.8. The first-order chi connectivity index (χ1) is 8.13. The molecule has 0 fully saturated rings. The van der Waals surface area contributed by atoms with Gasteiger partial charge in [0, 0.05) is 18.0 Å². The maximum Gasteiger partial charge on any atom is 0.304 e. The lowest BCUT2D eigenvalue weighted by atomic mass is 9.95. The van der Waals surface area contributed by atoms with Crippen molar-refractivity contribution in [2.45, 2.75) is 12.3 Å². The van der Waals surface area contributed by atoms with Gasteiger partial charge in [-0.1, -0.05) is 0 Å². The molecule has 1 rings (SSSR count). The highest BCUT2D eigenvalue weighted by Gasteiger charge is 2.22. The minimum Gasteiger partial charge on any atom is -0.495 e. The first-order valence-corrected chi connectivity index (χ1v) is 5.11. The number of pyridine rings is 1. The quantitative estimate of drug-likeness (QED) is 0.756. The van der Waals surface area contributed by atoms with Crippen molar-refractivity contribution in [3.05, 3.63) is 18.0 Å². The Morgan fingerprint density at radius 3 is 2.29 bits per heavy atom. The Balaban J connectivity index is 3.18. The lowest BCUT2D eigenvalue weighted by Crippen LogP contribution is -2.18. The number of carbonyl (C=O) groups is 1. The summed E-state index contributed by atoms with van der Waals surface area (Å²) in [6.45, 7) is 0.197. The monoisotopic (exact) mass is 240 g/mol. The highest BCUT2D eigenvalue weighted by Crippen LogP contribution is 2.35. The van der Waals surface area contributed by atoms with Crippen LogP contribution in [-0.2, 0) is 4.79 Å². The van der Waals surface area contributed by atoms with Gasteiger partial charge < -0.3 is 20.3 Å². The van der Waals surface area contributed by atoms with Crippen LogP contribution in [0.1, 0.15) is 17.9 Å². The molecule has 0 spiro atoms. The number of aromatic nitrogens is 1. The Morgan fingerprint density at radius 2 is 1.94 bits per heavy atom. The minimum absolute atomic E-state index is 0.0762. The van der Waals surface area contributed by atoms with Gasteiger partial charge in [0.05, 0.1) is 33.0 Å². The van der Waals surface area contributed by atoms with E-state index in [0.29, 0.717) is 17.1 Å².